The zero-order valence-corrected chi connectivity index (χ0v) is 30.2. The molecule has 0 radical (unpaired) electrons. The third kappa shape index (κ3) is 7.27. The van der Waals surface area contributed by atoms with Gasteiger partial charge in [-0.3, -0.25) is 0 Å². The Kier molecular flexibility index (Phi) is 9.44. The van der Waals surface area contributed by atoms with E-state index in [9.17, 15) is 0 Å². The topological polar surface area (TPSA) is 38.7 Å². The number of rotatable bonds is 8. The quantitative estimate of drug-likeness (QED) is 0.159. The number of nitrogens with zero attached hydrogens (tertiary/aromatic N) is 3. The fraction of sp³-hybridized carbons (Fsp3) is 0.118. The molecule has 3 nitrogen and oxygen atoms in total. The van der Waals surface area contributed by atoms with Crippen molar-refractivity contribution in [3.05, 3.63) is 199 Å². The van der Waals surface area contributed by atoms with Crippen LogP contribution in [0.25, 0.3) is 67.5 Å². The van der Waals surface area contributed by atoms with Gasteiger partial charge in [0.15, 0.2) is 17.5 Å². The van der Waals surface area contributed by atoms with E-state index < -0.39 is 0 Å². The fourth-order valence-corrected chi connectivity index (χ4v) is 8.02. The summed E-state index contributed by atoms with van der Waals surface area (Å²) in [5, 5.41) is 0. The molecule has 0 aliphatic heterocycles. The van der Waals surface area contributed by atoms with E-state index in [1.54, 1.807) is 0 Å². The van der Waals surface area contributed by atoms with Gasteiger partial charge in [0.05, 0.1) is 0 Å². The van der Waals surface area contributed by atoms with Gasteiger partial charge in [-0.05, 0) is 87.7 Å². The highest BCUT2D eigenvalue weighted by Crippen LogP contribution is 2.44. The zero-order chi connectivity index (χ0) is 36.1. The van der Waals surface area contributed by atoms with Crippen LogP contribution < -0.4 is 0 Å². The maximum absolute atomic E-state index is 4.99. The molecule has 9 rings (SSSR count). The van der Waals surface area contributed by atoms with E-state index in [0.29, 0.717) is 29.3 Å². The number of aromatic nitrogens is 3. The molecule has 0 amide bonds. The smallest absolute Gasteiger partial charge is 0.164 e. The average molecular weight is 696 g/mol. The normalized spacial score (nSPS) is 15.5. The first-order valence-corrected chi connectivity index (χ1v) is 19.1. The Balaban J connectivity index is 1.02. The Morgan fingerprint density at radius 1 is 0.296 bits per heavy atom. The molecule has 0 N–H and O–H groups in total. The largest absolute Gasteiger partial charge is 0.208 e. The molecular weight excluding hydrogens is 655 g/mol. The van der Waals surface area contributed by atoms with Crippen LogP contribution in [0.4, 0.5) is 0 Å². The first-order valence-electron chi connectivity index (χ1n) is 19.1. The maximum atomic E-state index is 4.99. The zero-order valence-electron chi connectivity index (χ0n) is 30.2. The van der Waals surface area contributed by atoms with Crippen LogP contribution in [0.5, 0.6) is 0 Å². The SMILES string of the molecule is c1ccc(-c2cc(-c3ccccc3)cc([C@@H]3CCCC(c4cccc(-c5cccc(-c6nc(-c7ccccc7)nc(-c7ccccc7)n6)c5)c4)C3)c2)cc1. The van der Waals surface area contributed by atoms with Gasteiger partial charge in [0.2, 0.25) is 0 Å². The van der Waals surface area contributed by atoms with Crippen molar-refractivity contribution in [1.29, 1.82) is 0 Å². The monoisotopic (exact) mass is 695 g/mol. The molecule has 3 heteroatoms. The summed E-state index contributed by atoms with van der Waals surface area (Å²) in [6, 6.07) is 67.1. The number of benzene rings is 7. The first kappa shape index (κ1) is 33.4. The Morgan fingerprint density at radius 3 is 1.20 bits per heavy atom. The summed E-state index contributed by atoms with van der Waals surface area (Å²) in [7, 11) is 0. The van der Waals surface area contributed by atoms with Gasteiger partial charge >= 0.3 is 0 Å². The summed E-state index contributed by atoms with van der Waals surface area (Å²) >= 11 is 0. The predicted molar refractivity (Wildman–Crippen MR) is 223 cm³/mol. The van der Waals surface area contributed by atoms with Gasteiger partial charge in [-0.15, -0.1) is 0 Å². The average Bonchev–Trinajstić information content (AvgIpc) is 3.27. The van der Waals surface area contributed by atoms with Crippen molar-refractivity contribution in [1.82, 2.24) is 15.0 Å². The maximum Gasteiger partial charge on any atom is 0.164 e. The van der Waals surface area contributed by atoms with Crippen molar-refractivity contribution >= 4 is 0 Å². The van der Waals surface area contributed by atoms with Crippen molar-refractivity contribution in [3.63, 3.8) is 0 Å². The lowest BCUT2D eigenvalue weighted by Gasteiger charge is -2.31. The van der Waals surface area contributed by atoms with Crippen molar-refractivity contribution in [2.75, 3.05) is 0 Å². The van der Waals surface area contributed by atoms with E-state index in [2.05, 4.69) is 127 Å². The first-order chi connectivity index (χ1) is 26.7. The van der Waals surface area contributed by atoms with Crippen molar-refractivity contribution < 1.29 is 0 Å². The Labute approximate surface area is 318 Å². The highest BCUT2D eigenvalue weighted by molar-refractivity contribution is 5.75. The van der Waals surface area contributed by atoms with Gasteiger partial charge in [0, 0.05) is 16.7 Å². The second kappa shape index (κ2) is 15.3. The molecule has 1 saturated carbocycles. The second-order valence-electron chi connectivity index (χ2n) is 14.4. The highest BCUT2D eigenvalue weighted by Gasteiger charge is 2.26. The van der Waals surface area contributed by atoms with E-state index in [-0.39, 0.29) is 0 Å². The van der Waals surface area contributed by atoms with E-state index in [1.807, 2.05) is 60.7 Å². The molecule has 8 aromatic rings. The molecule has 2 atom stereocenters. The molecule has 1 aliphatic carbocycles. The van der Waals surface area contributed by atoms with Gasteiger partial charge in [-0.1, -0.05) is 182 Å². The molecule has 1 aliphatic rings. The standard InChI is InChI=1S/C51H41N3/c1-5-16-36(17-6-1)46-33-47(37-18-7-2-8-19-37)35-48(34-46)44-28-14-26-42(31-44)40-24-13-25-41(30-40)43-27-15-29-45(32-43)51-53-49(38-20-9-3-10-21-38)52-50(54-51)39-22-11-4-12-23-39/h1-13,15-25,27,29-30,32-35,42,44H,14,26,28,31H2/t42?,44-/m1/s1. The van der Waals surface area contributed by atoms with Gasteiger partial charge in [0.1, 0.15) is 0 Å². The predicted octanol–water partition coefficient (Wildman–Crippen LogP) is 13.3. The second-order valence-corrected chi connectivity index (χ2v) is 14.4. The summed E-state index contributed by atoms with van der Waals surface area (Å²) < 4.78 is 0. The molecule has 1 aromatic heterocycles. The molecular formula is C51H41N3. The summed E-state index contributed by atoms with van der Waals surface area (Å²) in [6.07, 6.45) is 4.79. The van der Waals surface area contributed by atoms with Crippen LogP contribution in [0.3, 0.4) is 0 Å². The minimum atomic E-state index is 0.498. The van der Waals surface area contributed by atoms with E-state index in [1.165, 1.54) is 58.2 Å². The van der Waals surface area contributed by atoms with Gasteiger partial charge in [-0.25, -0.2) is 15.0 Å². The Morgan fingerprint density at radius 2 is 0.667 bits per heavy atom. The number of hydrogen-bond donors (Lipinski definition) is 0. The molecule has 1 fully saturated rings. The molecule has 54 heavy (non-hydrogen) atoms. The molecule has 1 unspecified atom stereocenters. The summed E-state index contributed by atoms with van der Waals surface area (Å²) in [5.41, 5.74) is 13.3. The molecule has 1 heterocycles. The van der Waals surface area contributed by atoms with Crippen LogP contribution in [-0.2, 0) is 0 Å². The van der Waals surface area contributed by atoms with Crippen LogP contribution >= 0.6 is 0 Å². The van der Waals surface area contributed by atoms with Crippen LogP contribution in [-0.4, -0.2) is 15.0 Å². The third-order valence-corrected chi connectivity index (χ3v) is 10.8. The van der Waals surface area contributed by atoms with Gasteiger partial charge in [0.25, 0.3) is 0 Å². The highest BCUT2D eigenvalue weighted by atomic mass is 15.0. The Hall–Kier alpha value is -6.45. The van der Waals surface area contributed by atoms with E-state index in [0.717, 1.165) is 28.7 Å². The van der Waals surface area contributed by atoms with Crippen LogP contribution in [0.2, 0.25) is 0 Å². The van der Waals surface area contributed by atoms with Gasteiger partial charge in [-0.2, -0.15) is 0 Å². The Bertz CT molecular complexity index is 2380. The summed E-state index contributed by atoms with van der Waals surface area (Å²) in [6.45, 7) is 0. The molecule has 0 spiro atoms. The molecule has 260 valence electrons. The van der Waals surface area contributed by atoms with Crippen molar-refractivity contribution in [2.45, 2.75) is 37.5 Å². The summed E-state index contributed by atoms with van der Waals surface area (Å²) in [4.78, 5) is 14.9. The molecule has 0 bridgehead atoms. The van der Waals surface area contributed by atoms with Gasteiger partial charge < -0.3 is 0 Å². The lowest BCUT2D eigenvalue weighted by molar-refractivity contribution is 0.394. The van der Waals surface area contributed by atoms with E-state index >= 15 is 0 Å². The van der Waals surface area contributed by atoms with E-state index in [4.69, 9.17) is 15.0 Å². The third-order valence-electron chi connectivity index (χ3n) is 10.8. The van der Waals surface area contributed by atoms with Crippen LogP contribution in [0.15, 0.2) is 188 Å². The van der Waals surface area contributed by atoms with Crippen LogP contribution in [0.1, 0.15) is 48.6 Å². The fourth-order valence-electron chi connectivity index (χ4n) is 8.02. The molecule has 7 aromatic carbocycles. The minimum Gasteiger partial charge on any atom is -0.208 e. The minimum absolute atomic E-state index is 0.498. The van der Waals surface area contributed by atoms with Crippen LogP contribution in [0, 0.1) is 0 Å². The summed E-state index contributed by atoms with van der Waals surface area (Å²) in [5.74, 6) is 3.01. The number of hydrogen-bond acceptors (Lipinski definition) is 3. The lowest BCUT2D eigenvalue weighted by atomic mass is 9.74. The molecule has 0 saturated heterocycles. The van der Waals surface area contributed by atoms with Crippen molar-refractivity contribution in [2.24, 2.45) is 0 Å². The lowest BCUT2D eigenvalue weighted by Crippen LogP contribution is -2.13. The van der Waals surface area contributed by atoms with Crippen molar-refractivity contribution in [3.8, 4) is 67.5 Å².